The molecule has 0 aromatic heterocycles. The smallest absolute Gasteiger partial charge is 0.240 e. The molecule has 20 heavy (non-hydrogen) atoms. The Morgan fingerprint density at radius 3 is 2.65 bits per heavy atom. The van der Waals surface area contributed by atoms with Crippen LogP contribution in [0.1, 0.15) is 43.7 Å². The van der Waals surface area contributed by atoms with E-state index in [0.29, 0.717) is 12.1 Å². The Morgan fingerprint density at radius 1 is 1.30 bits per heavy atom. The number of aliphatic hydroxyl groups excluding tert-OH is 1. The molecule has 4 nitrogen and oxygen atoms in total. The molecule has 1 aliphatic rings. The molecule has 0 heterocycles. The molecule has 5 heteroatoms. The van der Waals surface area contributed by atoms with Crippen LogP contribution < -0.4 is 4.72 Å². The van der Waals surface area contributed by atoms with Crippen LogP contribution in [0.4, 0.5) is 0 Å². The maximum Gasteiger partial charge on any atom is 0.240 e. The Bertz CT molecular complexity index is 550. The number of rotatable bonds is 8. The van der Waals surface area contributed by atoms with Crippen LogP contribution in [0.2, 0.25) is 0 Å². The first-order valence-electron chi connectivity index (χ1n) is 7.29. The molecule has 1 aliphatic carbocycles. The zero-order valence-corrected chi connectivity index (χ0v) is 12.7. The normalized spacial score (nSPS) is 15.5. The molecule has 112 valence electrons. The summed E-state index contributed by atoms with van der Waals surface area (Å²) < 4.78 is 27.0. The summed E-state index contributed by atoms with van der Waals surface area (Å²) in [5, 5.41) is 9.31. The standard InChI is InChI=1S/C15H23NO3S/c1-2-13-7-8-15(10-14(13)11-17)20(18,19)16-9-3-4-12-5-6-12/h7-8,10,12,16-17H,2-6,9,11H2,1H3. The van der Waals surface area contributed by atoms with Crippen molar-refractivity contribution in [1.82, 2.24) is 4.72 Å². The van der Waals surface area contributed by atoms with Gasteiger partial charge in [-0.2, -0.15) is 0 Å². The minimum Gasteiger partial charge on any atom is -0.392 e. The molecule has 0 radical (unpaired) electrons. The Hall–Kier alpha value is -0.910. The lowest BCUT2D eigenvalue weighted by molar-refractivity contribution is 0.280. The van der Waals surface area contributed by atoms with E-state index in [9.17, 15) is 13.5 Å². The highest BCUT2D eigenvalue weighted by molar-refractivity contribution is 7.89. The van der Waals surface area contributed by atoms with Gasteiger partial charge in [0.2, 0.25) is 10.0 Å². The fourth-order valence-corrected chi connectivity index (χ4v) is 3.47. The van der Waals surface area contributed by atoms with Gasteiger partial charge < -0.3 is 5.11 Å². The number of benzene rings is 1. The van der Waals surface area contributed by atoms with E-state index >= 15 is 0 Å². The SMILES string of the molecule is CCc1ccc(S(=O)(=O)NCCCC2CC2)cc1CO. The van der Waals surface area contributed by atoms with Crippen molar-refractivity contribution < 1.29 is 13.5 Å². The Kier molecular flexibility index (Phi) is 5.18. The second-order valence-electron chi connectivity index (χ2n) is 5.43. The van der Waals surface area contributed by atoms with E-state index in [1.54, 1.807) is 18.2 Å². The first-order valence-corrected chi connectivity index (χ1v) is 8.77. The van der Waals surface area contributed by atoms with E-state index in [-0.39, 0.29) is 11.5 Å². The first kappa shape index (κ1) is 15.5. The molecule has 1 saturated carbocycles. The van der Waals surface area contributed by atoms with Crippen LogP contribution in [0.5, 0.6) is 0 Å². The van der Waals surface area contributed by atoms with Crippen LogP contribution in [0.15, 0.2) is 23.1 Å². The number of hydrogen-bond donors (Lipinski definition) is 2. The van der Waals surface area contributed by atoms with Gasteiger partial charge in [-0.3, -0.25) is 0 Å². The largest absolute Gasteiger partial charge is 0.392 e. The fourth-order valence-electron chi connectivity index (χ4n) is 2.35. The number of aliphatic hydroxyl groups is 1. The Morgan fingerprint density at radius 2 is 2.05 bits per heavy atom. The monoisotopic (exact) mass is 297 g/mol. The van der Waals surface area contributed by atoms with Crippen LogP contribution in [-0.4, -0.2) is 20.1 Å². The molecule has 1 aromatic carbocycles. The molecular weight excluding hydrogens is 274 g/mol. The van der Waals surface area contributed by atoms with Gasteiger partial charge in [-0.25, -0.2) is 13.1 Å². The van der Waals surface area contributed by atoms with Gasteiger partial charge in [-0.05, 0) is 48.4 Å². The third kappa shape index (κ3) is 4.04. The van der Waals surface area contributed by atoms with Crippen LogP contribution in [0.3, 0.4) is 0 Å². The van der Waals surface area contributed by atoms with E-state index in [1.807, 2.05) is 6.92 Å². The van der Waals surface area contributed by atoms with Crippen molar-refractivity contribution >= 4 is 10.0 Å². The summed E-state index contributed by atoms with van der Waals surface area (Å²) in [5.74, 6) is 0.823. The summed E-state index contributed by atoms with van der Waals surface area (Å²) in [4.78, 5) is 0.241. The second-order valence-corrected chi connectivity index (χ2v) is 7.19. The minimum atomic E-state index is -3.46. The van der Waals surface area contributed by atoms with Gasteiger partial charge in [-0.1, -0.05) is 25.8 Å². The highest BCUT2D eigenvalue weighted by atomic mass is 32.2. The third-order valence-corrected chi connectivity index (χ3v) is 5.28. The zero-order chi connectivity index (χ0) is 14.6. The van der Waals surface area contributed by atoms with Crippen molar-refractivity contribution in [1.29, 1.82) is 0 Å². The Labute approximate surface area is 121 Å². The fraction of sp³-hybridized carbons (Fsp3) is 0.600. The van der Waals surface area contributed by atoms with Gasteiger partial charge in [0, 0.05) is 6.54 Å². The van der Waals surface area contributed by atoms with E-state index in [2.05, 4.69) is 4.72 Å². The molecule has 1 aromatic rings. The summed E-state index contributed by atoms with van der Waals surface area (Å²) in [7, 11) is -3.46. The summed E-state index contributed by atoms with van der Waals surface area (Å²) >= 11 is 0. The number of aryl methyl sites for hydroxylation is 1. The second kappa shape index (κ2) is 6.70. The van der Waals surface area contributed by atoms with Gasteiger partial charge in [0.15, 0.2) is 0 Å². The molecule has 0 aliphatic heterocycles. The lowest BCUT2D eigenvalue weighted by atomic mass is 10.1. The van der Waals surface area contributed by atoms with Crippen LogP contribution in [0.25, 0.3) is 0 Å². The molecule has 0 saturated heterocycles. The molecule has 0 unspecified atom stereocenters. The predicted octanol–water partition coefficient (Wildman–Crippen LogP) is 2.21. The quantitative estimate of drug-likeness (QED) is 0.723. The molecule has 1 fully saturated rings. The lowest BCUT2D eigenvalue weighted by Crippen LogP contribution is -2.25. The Balaban J connectivity index is 1.99. The van der Waals surface area contributed by atoms with Gasteiger partial charge in [0.25, 0.3) is 0 Å². The molecule has 0 amide bonds. The molecule has 2 N–H and O–H groups in total. The van der Waals surface area contributed by atoms with Gasteiger partial charge >= 0.3 is 0 Å². The van der Waals surface area contributed by atoms with E-state index in [4.69, 9.17) is 0 Å². The molecule has 2 rings (SSSR count). The van der Waals surface area contributed by atoms with E-state index in [1.165, 1.54) is 12.8 Å². The summed E-state index contributed by atoms with van der Waals surface area (Å²) in [6, 6.07) is 4.97. The van der Waals surface area contributed by atoms with Gasteiger partial charge in [0.05, 0.1) is 11.5 Å². The highest BCUT2D eigenvalue weighted by Crippen LogP contribution is 2.33. The van der Waals surface area contributed by atoms with Crippen LogP contribution >= 0.6 is 0 Å². The maximum absolute atomic E-state index is 12.2. The summed E-state index contributed by atoms with van der Waals surface area (Å²) in [5.41, 5.74) is 1.67. The average molecular weight is 297 g/mol. The third-order valence-electron chi connectivity index (χ3n) is 3.82. The number of sulfonamides is 1. The molecule has 0 spiro atoms. The van der Waals surface area contributed by atoms with Crippen molar-refractivity contribution in [3.05, 3.63) is 29.3 Å². The first-order chi connectivity index (χ1) is 9.56. The summed E-state index contributed by atoms with van der Waals surface area (Å²) in [6.45, 7) is 2.34. The minimum absolute atomic E-state index is 0.131. The van der Waals surface area contributed by atoms with Crippen molar-refractivity contribution in [2.24, 2.45) is 5.92 Å². The van der Waals surface area contributed by atoms with Crippen molar-refractivity contribution in [3.8, 4) is 0 Å². The highest BCUT2D eigenvalue weighted by Gasteiger charge is 2.21. The van der Waals surface area contributed by atoms with Crippen LogP contribution in [0, 0.1) is 5.92 Å². The lowest BCUT2D eigenvalue weighted by Gasteiger charge is -2.10. The summed E-state index contributed by atoms with van der Waals surface area (Å²) in [6.07, 6.45) is 5.38. The van der Waals surface area contributed by atoms with Gasteiger partial charge in [0.1, 0.15) is 0 Å². The number of hydrogen-bond acceptors (Lipinski definition) is 3. The van der Waals surface area contributed by atoms with Crippen molar-refractivity contribution in [2.75, 3.05) is 6.54 Å². The van der Waals surface area contributed by atoms with Crippen molar-refractivity contribution in [2.45, 2.75) is 50.5 Å². The van der Waals surface area contributed by atoms with Crippen LogP contribution in [-0.2, 0) is 23.1 Å². The molecular formula is C15H23NO3S. The average Bonchev–Trinajstić information content (AvgIpc) is 3.27. The maximum atomic E-state index is 12.2. The van der Waals surface area contributed by atoms with E-state index < -0.39 is 10.0 Å². The van der Waals surface area contributed by atoms with Gasteiger partial charge in [-0.15, -0.1) is 0 Å². The number of nitrogens with one attached hydrogen (secondary N) is 1. The topological polar surface area (TPSA) is 66.4 Å². The molecule has 0 bridgehead atoms. The molecule has 0 atom stereocenters. The van der Waals surface area contributed by atoms with Crippen molar-refractivity contribution in [3.63, 3.8) is 0 Å². The van der Waals surface area contributed by atoms with E-state index in [0.717, 1.165) is 30.7 Å². The zero-order valence-electron chi connectivity index (χ0n) is 11.9. The predicted molar refractivity (Wildman–Crippen MR) is 78.9 cm³/mol.